The van der Waals surface area contributed by atoms with Gasteiger partial charge in [0.25, 0.3) is 0 Å². The van der Waals surface area contributed by atoms with Gasteiger partial charge in [0.1, 0.15) is 5.82 Å². The summed E-state index contributed by atoms with van der Waals surface area (Å²) in [4.78, 5) is 2.36. The Morgan fingerprint density at radius 1 is 1.25 bits per heavy atom. The molecule has 112 valence electrons. The average molecular weight is 278 g/mol. The van der Waals surface area contributed by atoms with Crippen molar-refractivity contribution in [3.05, 3.63) is 35.6 Å². The molecule has 1 unspecified atom stereocenters. The summed E-state index contributed by atoms with van der Waals surface area (Å²) in [5.41, 5.74) is 6.75. The van der Waals surface area contributed by atoms with E-state index in [-0.39, 0.29) is 11.9 Å². The van der Waals surface area contributed by atoms with E-state index in [2.05, 4.69) is 11.9 Å². The van der Waals surface area contributed by atoms with E-state index in [1.54, 1.807) is 12.1 Å². The molecule has 1 aliphatic carbocycles. The molecule has 0 saturated heterocycles. The van der Waals surface area contributed by atoms with Crippen LogP contribution in [0.15, 0.2) is 24.3 Å². The number of benzene rings is 1. The first-order valence-corrected chi connectivity index (χ1v) is 7.85. The van der Waals surface area contributed by atoms with E-state index in [4.69, 9.17) is 5.73 Å². The molecule has 1 atom stereocenters. The first-order valence-electron chi connectivity index (χ1n) is 7.85. The highest BCUT2D eigenvalue weighted by Gasteiger charge is 2.16. The molecule has 0 amide bonds. The molecule has 1 aromatic carbocycles. The van der Waals surface area contributed by atoms with E-state index in [1.165, 1.54) is 38.2 Å². The zero-order valence-corrected chi connectivity index (χ0v) is 12.5. The van der Waals surface area contributed by atoms with Gasteiger partial charge < -0.3 is 10.6 Å². The summed E-state index contributed by atoms with van der Waals surface area (Å²) in [5.74, 6) is 0.661. The topological polar surface area (TPSA) is 29.3 Å². The maximum absolute atomic E-state index is 13.6. The highest BCUT2D eigenvalue weighted by molar-refractivity contribution is 5.20. The van der Waals surface area contributed by atoms with Crippen LogP contribution in [0, 0.1) is 11.7 Å². The molecule has 0 spiro atoms. The molecule has 1 saturated carbocycles. The molecule has 1 fully saturated rings. The van der Waals surface area contributed by atoms with Gasteiger partial charge in [-0.25, -0.2) is 4.39 Å². The highest BCUT2D eigenvalue weighted by atomic mass is 19.1. The number of hydrogen-bond donors (Lipinski definition) is 1. The SMILES string of the molecule is CN(CCC(N)c1ccccc1F)CC1CCCCC1. The van der Waals surface area contributed by atoms with Crippen LogP contribution in [-0.2, 0) is 0 Å². The maximum atomic E-state index is 13.6. The molecule has 0 radical (unpaired) electrons. The van der Waals surface area contributed by atoms with Crippen LogP contribution in [0.5, 0.6) is 0 Å². The fraction of sp³-hybridized carbons (Fsp3) is 0.647. The van der Waals surface area contributed by atoms with Gasteiger partial charge >= 0.3 is 0 Å². The van der Waals surface area contributed by atoms with Crippen molar-refractivity contribution in [2.75, 3.05) is 20.1 Å². The molecule has 1 aliphatic rings. The molecule has 2 N–H and O–H groups in total. The molecule has 0 bridgehead atoms. The second-order valence-electron chi connectivity index (χ2n) is 6.18. The Labute approximate surface area is 122 Å². The minimum Gasteiger partial charge on any atom is -0.324 e. The first kappa shape index (κ1) is 15.5. The zero-order valence-electron chi connectivity index (χ0n) is 12.5. The summed E-state index contributed by atoms with van der Waals surface area (Å²) in [6.45, 7) is 2.09. The molecule has 0 heterocycles. The standard InChI is InChI=1S/C17H27FN2/c1-20(13-14-7-3-2-4-8-14)12-11-17(19)15-9-5-6-10-16(15)18/h5-6,9-10,14,17H,2-4,7-8,11-13,19H2,1H3. The minimum absolute atomic E-state index is 0.185. The summed E-state index contributed by atoms with van der Waals surface area (Å²) in [7, 11) is 2.16. The number of nitrogens with zero attached hydrogens (tertiary/aromatic N) is 1. The van der Waals surface area contributed by atoms with E-state index in [9.17, 15) is 4.39 Å². The van der Waals surface area contributed by atoms with Gasteiger partial charge in [0.05, 0.1) is 0 Å². The lowest BCUT2D eigenvalue weighted by atomic mass is 9.89. The predicted molar refractivity (Wildman–Crippen MR) is 82.0 cm³/mol. The Morgan fingerprint density at radius 2 is 1.95 bits per heavy atom. The van der Waals surface area contributed by atoms with Crippen LogP contribution in [0.25, 0.3) is 0 Å². The monoisotopic (exact) mass is 278 g/mol. The number of hydrogen-bond acceptors (Lipinski definition) is 2. The van der Waals surface area contributed by atoms with Gasteiger partial charge in [-0.2, -0.15) is 0 Å². The lowest BCUT2D eigenvalue weighted by Gasteiger charge is -2.27. The second kappa shape index (κ2) is 7.75. The lowest BCUT2D eigenvalue weighted by molar-refractivity contribution is 0.228. The molecular formula is C17H27FN2. The van der Waals surface area contributed by atoms with Crippen molar-refractivity contribution >= 4 is 0 Å². The van der Waals surface area contributed by atoms with Crippen molar-refractivity contribution in [2.24, 2.45) is 11.7 Å². The molecule has 1 aromatic rings. The maximum Gasteiger partial charge on any atom is 0.127 e. The van der Waals surface area contributed by atoms with Gasteiger partial charge in [0, 0.05) is 18.2 Å². The Morgan fingerprint density at radius 3 is 2.65 bits per heavy atom. The van der Waals surface area contributed by atoms with Crippen molar-refractivity contribution in [2.45, 2.75) is 44.6 Å². The third-order valence-electron chi connectivity index (χ3n) is 4.42. The third-order valence-corrected chi connectivity index (χ3v) is 4.42. The summed E-state index contributed by atoms with van der Waals surface area (Å²) < 4.78 is 13.6. The predicted octanol–water partition coefficient (Wildman–Crippen LogP) is 3.73. The molecular weight excluding hydrogens is 251 g/mol. The normalized spacial score (nSPS) is 18.4. The minimum atomic E-state index is -0.204. The lowest BCUT2D eigenvalue weighted by Crippen LogP contribution is -2.30. The Hall–Kier alpha value is -0.930. The van der Waals surface area contributed by atoms with Crippen LogP contribution in [0.3, 0.4) is 0 Å². The molecule has 2 nitrogen and oxygen atoms in total. The van der Waals surface area contributed by atoms with Gasteiger partial charge in [-0.15, -0.1) is 0 Å². The van der Waals surface area contributed by atoms with E-state index < -0.39 is 0 Å². The van der Waals surface area contributed by atoms with E-state index in [1.807, 2.05) is 6.07 Å². The summed E-state index contributed by atoms with van der Waals surface area (Å²) in [5, 5.41) is 0. The van der Waals surface area contributed by atoms with Crippen LogP contribution in [0.4, 0.5) is 4.39 Å². The molecule has 2 rings (SSSR count). The Bertz CT molecular complexity index is 402. The van der Waals surface area contributed by atoms with Gasteiger partial charge in [-0.05, 0) is 44.8 Å². The van der Waals surface area contributed by atoms with Crippen LogP contribution in [0.2, 0.25) is 0 Å². The molecule has 3 heteroatoms. The van der Waals surface area contributed by atoms with Gasteiger partial charge in [0.15, 0.2) is 0 Å². The fourth-order valence-electron chi connectivity index (χ4n) is 3.19. The van der Waals surface area contributed by atoms with Crippen molar-refractivity contribution in [1.82, 2.24) is 4.90 Å². The molecule has 0 aliphatic heterocycles. The van der Waals surface area contributed by atoms with Crippen LogP contribution in [-0.4, -0.2) is 25.0 Å². The molecule has 20 heavy (non-hydrogen) atoms. The van der Waals surface area contributed by atoms with Crippen LogP contribution in [0.1, 0.15) is 50.1 Å². The Kier molecular flexibility index (Phi) is 5.99. The first-order chi connectivity index (χ1) is 9.66. The van der Waals surface area contributed by atoms with Crippen LogP contribution >= 0.6 is 0 Å². The zero-order chi connectivity index (χ0) is 14.4. The quantitative estimate of drug-likeness (QED) is 0.859. The van der Waals surface area contributed by atoms with Gasteiger partial charge in [-0.3, -0.25) is 0 Å². The third kappa shape index (κ3) is 4.57. The van der Waals surface area contributed by atoms with E-state index >= 15 is 0 Å². The van der Waals surface area contributed by atoms with Gasteiger partial charge in [-0.1, -0.05) is 37.5 Å². The Balaban J connectivity index is 1.75. The smallest absolute Gasteiger partial charge is 0.127 e. The van der Waals surface area contributed by atoms with E-state index in [0.717, 1.165) is 25.4 Å². The van der Waals surface area contributed by atoms with Crippen molar-refractivity contribution in [3.63, 3.8) is 0 Å². The highest BCUT2D eigenvalue weighted by Crippen LogP contribution is 2.24. The van der Waals surface area contributed by atoms with Gasteiger partial charge in [0.2, 0.25) is 0 Å². The largest absolute Gasteiger partial charge is 0.324 e. The summed E-state index contributed by atoms with van der Waals surface area (Å²) >= 11 is 0. The number of nitrogens with two attached hydrogens (primary N) is 1. The number of halogens is 1. The van der Waals surface area contributed by atoms with Crippen molar-refractivity contribution in [1.29, 1.82) is 0 Å². The summed E-state index contributed by atoms with van der Waals surface area (Å²) in [6.07, 6.45) is 7.70. The number of rotatable bonds is 6. The van der Waals surface area contributed by atoms with E-state index in [0.29, 0.717) is 5.56 Å². The molecule has 0 aromatic heterocycles. The average Bonchev–Trinajstić information content (AvgIpc) is 2.46. The second-order valence-corrected chi connectivity index (χ2v) is 6.18. The summed E-state index contributed by atoms with van der Waals surface area (Å²) in [6, 6.07) is 6.64. The van der Waals surface area contributed by atoms with Crippen molar-refractivity contribution < 1.29 is 4.39 Å². The van der Waals surface area contributed by atoms with Crippen LogP contribution < -0.4 is 5.73 Å². The fourth-order valence-corrected chi connectivity index (χ4v) is 3.19. The van der Waals surface area contributed by atoms with Crippen molar-refractivity contribution in [3.8, 4) is 0 Å².